The number of aliphatic hydroxyl groups is 1. The molecule has 6 heteroatoms. The summed E-state index contributed by atoms with van der Waals surface area (Å²) >= 11 is 0. The van der Waals surface area contributed by atoms with Gasteiger partial charge in [-0.15, -0.1) is 0 Å². The molecule has 1 aromatic rings. The number of likely N-dealkylation sites (N-methyl/N-ethyl adjacent to an activating group) is 1. The summed E-state index contributed by atoms with van der Waals surface area (Å²) in [6.45, 7) is 7.97. The molecule has 0 saturated heterocycles. The number of pyridine rings is 1. The second-order valence-corrected chi connectivity index (χ2v) is 4.85. The van der Waals surface area contributed by atoms with Crippen LogP contribution in [-0.4, -0.2) is 52.6 Å². The van der Waals surface area contributed by atoms with E-state index in [1.54, 1.807) is 0 Å². The van der Waals surface area contributed by atoms with Crippen molar-refractivity contribution in [3.8, 4) is 5.75 Å². The number of aryl methyl sites for hydroxylation is 1. The SMILES string of the molecule is CCOCCCn1cc(O)c(=O)cc1CN(CC)CCO. The molecule has 0 bridgehead atoms. The van der Waals surface area contributed by atoms with Crippen LogP contribution in [0, 0.1) is 0 Å². The van der Waals surface area contributed by atoms with E-state index in [0.29, 0.717) is 32.8 Å². The van der Waals surface area contributed by atoms with Crippen LogP contribution < -0.4 is 5.43 Å². The maximum Gasteiger partial charge on any atom is 0.223 e. The van der Waals surface area contributed by atoms with E-state index in [-0.39, 0.29) is 17.8 Å². The molecule has 6 nitrogen and oxygen atoms in total. The van der Waals surface area contributed by atoms with E-state index in [9.17, 15) is 9.90 Å². The minimum atomic E-state index is -0.369. The molecule has 0 amide bonds. The number of aliphatic hydroxyl groups excluding tert-OH is 1. The van der Waals surface area contributed by atoms with Crippen LogP contribution in [0.5, 0.6) is 5.75 Å². The summed E-state index contributed by atoms with van der Waals surface area (Å²) in [7, 11) is 0. The van der Waals surface area contributed by atoms with E-state index >= 15 is 0 Å². The zero-order valence-electron chi connectivity index (χ0n) is 12.9. The fraction of sp³-hybridized carbons (Fsp3) is 0.667. The predicted molar refractivity (Wildman–Crippen MR) is 81.5 cm³/mol. The van der Waals surface area contributed by atoms with Gasteiger partial charge in [-0.1, -0.05) is 6.92 Å². The lowest BCUT2D eigenvalue weighted by Gasteiger charge is -2.22. The highest BCUT2D eigenvalue weighted by atomic mass is 16.5. The van der Waals surface area contributed by atoms with Gasteiger partial charge in [0.05, 0.1) is 12.8 Å². The average molecular weight is 298 g/mol. The van der Waals surface area contributed by atoms with E-state index in [1.807, 2.05) is 23.3 Å². The lowest BCUT2D eigenvalue weighted by Crippen LogP contribution is -2.28. The minimum Gasteiger partial charge on any atom is -0.503 e. The van der Waals surface area contributed by atoms with Crippen LogP contribution in [-0.2, 0) is 17.8 Å². The smallest absolute Gasteiger partial charge is 0.223 e. The lowest BCUT2D eigenvalue weighted by atomic mass is 10.2. The van der Waals surface area contributed by atoms with Crippen molar-refractivity contribution in [1.82, 2.24) is 9.47 Å². The van der Waals surface area contributed by atoms with Gasteiger partial charge in [-0.25, -0.2) is 0 Å². The Kier molecular flexibility index (Phi) is 8.04. The summed E-state index contributed by atoms with van der Waals surface area (Å²) in [5.41, 5.74) is 0.468. The summed E-state index contributed by atoms with van der Waals surface area (Å²) in [5.74, 6) is -0.236. The third-order valence-corrected chi connectivity index (χ3v) is 3.34. The Hall–Kier alpha value is -1.37. The fourth-order valence-corrected chi connectivity index (χ4v) is 2.15. The van der Waals surface area contributed by atoms with Gasteiger partial charge in [0.15, 0.2) is 5.75 Å². The fourth-order valence-electron chi connectivity index (χ4n) is 2.15. The molecule has 120 valence electrons. The van der Waals surface area contributed by atoms with Gasteiger partial charge < -0.3 is 19.5 Å². The Morgan fingerprint density at radius 3 is 2.76 bits per heavy atom. The van der Waals surface area contributed by atoms with Gasteiger partial charge in [-0.05, 0) is 19.9 Å². The quantitative estimate of drug-likeness (QED) is 0.625. The van der Waals surface area contributed by atoms with E-state index in [0.717, 1.165) is 18.7 Å². The third kappa shape index (κ3) is 5.87. The average Bonchev–Trinajstić information content (AvgIpc) is 2.47. The van der Waals surface area contributed by atoms with Crippen molar-refractivity contribution >= 4 is 0 Å². The van der Waals surface area contributed by atoms with E-state index in [2.05, 4.69) is 0 Å². The maximum atomic E-state index is 11.6. The molecule has 2 N–H and O–H groups in total. The number of ether oxygens (including phenoxy) is 1. The molecule has 1 aromatic heterocycles. The zero-order valence-corrected chi connectivity index (χ0v) is 12.9. The van der Waals surface area contributed by atoms with Gasteiger partial charge in [0.2, 0.25) is 5.43 Å². The monoisotopic (exact) mass is 298 g/mol. The normalized spacial score (nSPS) is 11.2. The Bertz CT molecular complexity index is 473. The van der Waals surface area contributed by atoms with Gasteiger partial charge in [0, 0.05) is 44.6 Å². The first kappa shape index (κ1) is 17.7. The molecule has 0 aliphatic rings. The first-order valence-corrected chi connectivity index (χ1v) is 7.45. The summed E-state index contributed by atoms with van der Waals surface area (Å²) in [5, 5.41) is 18.7. The van der Waals surface area contributed by atoms with Crippen molar-refractivity contribution in [2.45, 2.75) is 33.4 Å². The van der Waals surface area contributed by atoms with Crippen molar-refractivity contribution in [2.24, 2.45) is 0 Å². The Balaban J connectivity index is 2.83. The molecule has 0 unspecified atom stereocenters. The molecule has 1 rings (SSSR count). The van der Waals surface area contributed by atoms with Gasteiger partial charge >= 0.3 is 0 Å². The Labute approximate surface area is 125 Å². The molecule has 0 atom stereocenters. The lowest BCUT2D eigenvalue weighted by molar-refractivity contribution is 0.141. The number of aromatic hydroxyl groups is 1. The molecule has 0 saturated carbocycles. The molecular weight excluding hydrogens is 272 g/mol. The highest BCUT2D eigenvalue weighted by molar-refractivity contribution is 5.20. The number of hydrogen-bond acceptors (Lipinski definition) is 5. The molecule has 21 heavy (non-hydrogen) atoms. The standard InChI is InChI=1S/C15H26N2O4/c1-3-16(7-8-18)11-13-10-14(19)15(20)12-17(13)6-5-9-21-4-2/h10,12,18,20H,3-9,11H2,1-2H3. The second-order valence-electron chi connectivity index (χ2n) is 4.85. The van der Waals surface area contributed by atoms with Crippen molar-refractivity contribution < 1.29 is 14.9 Å². The zero-order chi connectivity index (χ0) is 15.7. The van der Waals surface area contributed by atoms with Gasteiger partial charge in [-0.3, -0.25) is 9.69 Å². The highest BCUT2D eigenvalue weighted by Crippen LogP contribution is 2.09. The summed E-state index contributed by atoms with van der Waals surface area (Å²) in [4.78, 5) is 13.7. The molecule has 0 fully saturated rings. The van der Waals surface area contributed by atoms with Crippen LogP contribution in [0.2, 0.25) is 0 Å². The van der Waals surface area contributed by atoms with Crippen molar-refractivity contribution in [1.29, 1.82) is 0 Å². The van der Waals surface area contributed by atoms with Crippen LogP contribution in [0.15, 0.2) is 17.1 Å². The van der Waals surface area contributed by atoms with Crippen molar-refractivity contribution in [2.75, 3.05) is 32.9 Å². The van der Waals surface area contributed by atoms with Crippen LogP contribution in [0.25, 0.3) is 0 Å². The van der Waals surface area contributed by atoms with Crippen LogP contribution >= 0.6 is 0 Å². The molecular formula is C15H26N2O4. The van der Waals surface area contributed by atoms with Crippen LogP contribution in [0.1, 0.15) is 26.0 Å². The maximum absolute atomic E-state index is 11.6. The van der Waals surface area contributed by atoms with Crippen molar-refractivity contribution in [3.05, 3.63) is 28.2 Å². The van der Waals surface area contributed by atoms with Gasteiger partial charge in [-0.2, -0.15) is 0 Å². The predicted octanol–water partition coefficient (Wildman–Crippen LogP) is 0.795. The van der Waals surface area contributed by atoms with E-state index < -0.39 is 0 Å². The first-order chi connectivity index (χ1) is 10.1. The van der Waals surface area contributed by atoms with Crippen LogP contribution in [0.3, 0.4) is 0 Å². The first-order valence-electron chi connectivity index (χ1n) is 7.45. The van der Waals surface area contributed by atoms with Gasteiger partial charge in [0.1, 0.15) is 0 Å². The number of hydrogen-bond donors (Lipinski definition) is 2. The summed E-state index contributed by atoms with van der Waals surface area (Å²) < 4.78 is 7.19. The molecule has 0 spiro atoms. The summed E-state index contributed by atoms with van der Waals surface area (Å²) in [6.07, 6.45) is 2.30. The van der Waals surface area contributed by atoms with Crippen molar-refractivity contribution in [3.63, 3.8) is 0 Å². The molecule has 0 aliphatic carbocycles. The molecule has 0 aromatic carbocycles. The Morgan fingerprint density at radius 1 is 1.38 bits per heavy atom. The number of nitrogens with zero attached hydrogens (tertiary/aromatic N) is 2. The highest BCUT2D eigenvalue weighted by Gasteiger charge is 2.10. The van der Waals surface area contributed by atoms with Gasteiger partial charge in [0.25, 0.3) is 0 Å². The topological polar surface area (TPSA) is 74.9 Å². The Morgan fingerprint density at radius 2 is 2.14 bits per heavy atom. The molecule has 0 aliphatic heterocycles. The van der Waals surface area contributed by atoms with Crippen LogP contribution in [0.4, 0.5) is 0 Å². The molecule has 0 radical (unpaired) electrons. The number of rotatable bonds is 10. The second kappa shape index (κ2) is 9.55. The minimum absolute atomic E-state index is 0.0838. The largest absolute Gasteiger partial charge is 0.503 e. The molecule has 1 heterocycles. The number of aromatic nitrogens is 1. The third-order valence-electron chi connectivity index (χ3n) is 3.34. The van der Waals surface area contributed by atoms with E-state index in [1.165, 1.54) is 12.3 Å². The summed E-state index contributed by atoms with van der Waals surface area (Å²) in [6, 6.07) is 1.47. The van der Waals surface area contributed by atoms with E-state index in [4.69, 9.17) is 9.84 Å².